The predicted molar refractivity (Wildman–Crippen MR) is 71.7 cm³/mol. The fourth-order valence-electron chi connectivity index (χ4n) is 2.19. The molecular weight excluding hydrogens is 244 g/mol. The third-order valence-corrected chi connectivity index (χ3v) is 3.36. The van der Waals surface area contributed by atoms with E-state index in [4.69, 9.17) is 0 Å². The summed E-state index contributed by atoms with van der Waals surface area (Å²) >= 11 is 0. The van der Waals surface area contributed by atoms with Crippen molar-refractivity contribution in [2.24, 2.45) is 0 Å². The highest BCUT2D eigenvalue weighted by molar-refractivity contribution is 5.67. The molecule has 0 aliphatic heterocycles. The van der Waals surface area contributed by atoms with Gasteiger partial charge in [-0.15, -0.1) is 0 Å². The molecule has 0 radical (unpaired) electrons. The zero-order valence-corrected chi connectivity index (χ0v) is 10.5. The van der Waals surface area contributed by atoms with Crippen LogP contribution in [-0.2, 0) is 6.54 Å². The molecule has 3 heteroatoms. The molecule has 0 bridgehead atoms. The minimum Gasteiger partial charge on any atom is -0.310 e. The van der Waals surface area contributed by atoms with Gasteiger partial charge >= 0.3 is 0 Å². The van der Waals surface area contributed by atoms with Crippen LogP contribution in [0.4, 0.5) is 8.78 Å². The van der Waals surface area contributed by atoms with Crippen LogP contribution in [0.1, 0.15) is 18.4 Å². The predicted octanol–water partition coefficient (Wildman–Crippen LogP) is 3.88. The molecule has 0 aromatic heterocycles. The number of benzene rings is 2. The second-order valence-corrected chi connectivity index (χ2v) is 4.97. The van der Waals surface area contributed by atoms with Gasteiger partial charge in [-0.3, -0.25) is 0 Å². The Hall–Kier alpha value is -1.74. The number of hydrogen-bond acceptors (Lipinski definition) is 1. The number of rotatable bonds is 4. The van der Waals surface area contributed by atoms with Gasteiger partial charge in [0.25, 0.3) is 0 Å². The summed E-state index contributed by atoms with van der Waals surface area (Å²) in [6.45, 7) is 0.619. The molecule has 2 aromatic carbocycles. The van der Waals surface area contributed by atoms with Crippen molar-refractivity contribution < 1.29 is 8.78 Å². The van der Waals surface area contributed by atoms with Crippen LogP contribution < -0.4 is 5.32 Å². The highest BCUT2D eigenvalue weighted by Crippen LogP contribution is 2.26. The van der Waals surface area contributed by atoms with E-state index < -0.39 is 0 Å². The molecule has 0 amide bonds. The van der Waals surface area contributed by atoms with Crippen molar-refractivity contribution >= 4 is 0 Å². The SMILES string of the molecule is Fc1cccc(-c2ccc(F)cc2CNC2CC2)c1. The Kier molecular flexibility index (Phi) is 3.30. The Morgan fingerprint density at radius 1 is 1.00 bits per heavy atom. The number of hydrogen-bond donors (Lipinski definition) is 1. The molecule has 1 aliphatic rings. The third-order valence-electron chi connectivity index (χ3n) is 3.36. The molecule has 0 unspecified atom stereocenters. The summed E-state index contributed by atoms with van der Waals surface area (Å²) in [6.07, 6.45) is 2.37. The van der Waals surface area contributed by atoms with Crippen LogP contribution >= 0.6 is 0 Å². The van der Waals surface area contributed by atoms with Gasteiger partial charge in [-0.05, 0) is 53.8 Å². The van der Waals surface area contributed by atoms with Crippen LogP contribution in [0.25, 0.3) is 11.1 Å². The molecule has 1 aliphatic carbocycles. The Balaban J connectivity index is 1.94. The lowest BCUT2D eigenvalue weighted by atomic mass is 9.99. The van der Waals surface area contributed by atoms with Gasteiger partial charge in [0.2, 0.25) is 0 Å². The fraction of sp³-hybridized carbons (Fsp3) is 0.250. The van der Waals surface area contributed by atoms with Crippen LogP contribution in [0.2, 0.25) is 0 Å². The molecule has 3 rings (SSSR count). The van der Waals surface area contributed by atoms with Crippen molar-refractivity contribution in [2.75, 3.05) is 0 Å². The largest absolute Gasteiger partial charge is 0.310 e. The van der Waals surface area contributed by atoms with Crippen molar-refractivity contribution in [1.82, 2.24) is 5.32 Å². The van der Waals surface area contributed by atoms with Crippen LogP contribution in [0.5, 0.6) is 0 Å². The Morgan fingerprint density at radius 3 is 2.53 bits per heavy atom. The zero-order valence-electron chi connectivity index (χ0n) is 10.5. The Bertz CT molecular complexity index is 591. The first-order valence-corrected chi connectivity index (χ1v) is 6.50. The maximum atomic E-state index is 13.4. The average molecular weight is 259 g/mol. The molecule has 1 N–H and O–H groups in total. The highest BCUT2D eigenvalue weighted by atomic mass is 19.1. The second-order valence-electron chi connectivity index (χ2n) is 4.97. The molecule has 19 heavy (non-hydrogen) atoms. The van der Waals surface area contributed by atoms with E-state index in [1.165, 1.54) is 37.1 Å². The lowest BCUT2D eigenvalue weighted by molar-refractivity contribution is 0.620. The fourth-order valence-corrected chi connectivity index (χ4v) is 2.19. The molecular formula is C16H15F2N. The molecule has 0 atom stereocenters. The molecule has 0 spiro atoms. The molecule has 1 saturated carbocycles. The van der Waals surface area contributed by atoms with E-state index in [0.29, 0.717) is 12.6 Å². The summed E-state index contributed by atoms with van der Waals surface area (Å²) in [4.78, 5) is 0. The summed E-state index contributed by atoms with van der Waals surface area (Å²) in [5.41, 5.74) is 2.54. The van der Waals surface area contributed by atoms with E-state index in [0.717, 1.165) is 16.7 Å². The van der Waals surface area contributed by atoms with Crippen LogP contribution in [0.3, 0.4) is 0 Å². The van der Waals surface area contributed by atoms with Gasteiger partial charge in [0.1, 0.15) is 11.6 Å². The lowest BCUT2D eigenvalue weighted by Crippen LogP contribution is -2.16. The first-order valence-electron chi connectivity index (χ1n) is 6.50. The normalized spacial score (nSPS) is 14.6. The Labute approximate surface area is 111 Å². The van der Waals surface area contributed by atoms with Gasteiger partial charge in [-0.1, -0.05) is 18.2 Å². The highest BCUT2D eigenvalue weighted by Gasteiger charge is 2.20. The van der Waals surface area contributed by atoms with E-state index in [9.17, 15) is 8.78 Å². The molecule has 0 heterocycles. The van der Waals surface area contributed by atoms with Crippen molar-refractivity contribution in [3.05, 3.63) is 59.7 Å². The standard InChI is InChI=1S/C16H15F2N/c17-13-3-1-2-11(8-13)16-7-4-14(18)9-12(16)10-19-15-5-6-15/h1-4,7-9,15,19H,5-6,10H2. The maximum absolute atomic E-state index is 13.4. The minimum absolute atomic E-state index is 0.257. The van der Waals surface area contributed by atoms with Crippen molar-refractivity contribution in [3.8, 4) is 11.1 Å². The summed E-state index contributed by atoms with van der Waals surface area (Å²) in [5, 5.41) is 3.36. The average Bonchev–Trinajstić information content (AvgIpc) is 3.20. The lowest BCUT2D eigenvalue weighted by Gasteiger charge is -2.11. The molecule has 1 nitrogen and oxygen atoms in total. The molecule has 0 saturated heterocycles. The topological polar surface area (TPSA) is 12.0 Å². The minimum atomic E-state index is -0.275. The third kappa shape index (κ3) is 2.99. The van der Waals surface area contributed by atoms with Gasteiger partial charge in [0.15, 0.2) is 0 Å². The van der Waals surface area contributed by atoms with E-state index in [-0.39, 0.29) is 11.6 Å². The molecule has 98 valence electrons. The zero-order chi connectivity index (χ0) is 13.2. The van der Waals surface area contributed by atoms with Crippen molar-refractivity contribution in [2.45, 2.75) is 25.4 Å². The summed E-state index contributed by atoms with van der Waals surface area (Å²) < 4.78 is 26.7. The molecule has 2 aromatic rings. The maximum Gasteiger partial charge on any atom is 0.123 e. The van der Waals surface area contributed by atoms with E-state index in [2.05, 4.69) is 5.32 Å². The molecule has 1 fully saturated rings. The second kappa shape index (κ2) is 5.10. The first-order chi connectivity index (χ1) is 9.22. The monoisotopic (exact) mass is 259 g/mol. The summed E-state index contributed by atoms with van der Waals surface area (Å²) in [6, 6.07) is 11.6. The van der Waals surface area contributed by atoms with E-state index in [1.807, 2.05) is 6.07 Å². The smallest absolute Gasteiger partial charge is 0.123 e. The van der Waals surface area contributed by atoms with E-state index in [1.54, 1.807) is 12.1 Å². The number of halogens is 2. The summed E-state index contributed by atoms with van der Waals surface area (Å²) in [7, 11) is 0. The van der Waals surface area contributed by atoms with Gasteiger partial charge < -0.3 is 5.32 Å². The van der Waals surface area contributed by atoms with Gasteiger partial charge in [0, 0.05) is 12.6 Å². The van der Waals surface area contributed by atoms with E-state index >= 15 is 0 Å². The van der Waals surface area contributed by atoms with Gasteiger partial charge in [-0.2, -0.15) is 0 Å². The van der Waals surface area contributed by atoms with Gasteiger partial charge in [-0.25, -0.2) is 8.78 Å². The van der Waals surface area contributed by atoms with Crippen LogP contribution in [0.15, 0.2) is 42.5 Å². The van der Waals surface area contributed by atoms with Crippen LogP contribution in [0, 0.1) is 11.6 Å². The van der Waals surface area contributed by atoms with Crippen LogP contribution in [-0.4, -0.2) is 6.04 Å². The Morgan fingerprint density at radius 2 is 1.79 bits per heavy atom. The van der Waals surface area contributed by atoms with Crippen molar-refractivity contribution in [3.63, 3.8) is 0 Å². The van der Waals surface area contributed by atoms with Crippen molar-refractivity contribution in [1.29, 1.82) is 0 Å². The first kappa shape index (κ1) is 12.3. The van der Waals surface area contributed by atoms with Gasteiger partial charge in [0.05, 0.1) is 0 Å². The quantitative estimate of drug-likeness (QED) is 0.878. The summed E-state index contributed by atoms with van der Waals surface area (Å²) in [5.74, 6) is -0.532. The number of nitrogens with one attached hydrogen (secondary N) is 1.